The highest BCUT2D eigenvalue weighted by Gasteiger charge is 2.29. The van der Waals surface area contributed by atoms with Crippen LogP contribution in [0.2, 0.25) is 0 Å². The third-order valence-corrected chi connectivity index (χ3v) is 3.82. The Morgan fingerprint density at radius 2 is 1.65 bits per heavy atom. The largest absolute Gasteiger partial charge is 0.466 e. The van der Waals surface area contributed by atoms with Crippen LogP contribution in [-0.4, -0.2) is 12.6 Å². The number of nitrogens with one attached hydrogen (secondary N) is 1. The Kier molecular flexibility index (Phi) is 5.47. The van der Waals surface area contributed by atoms with Crippen LogP contribution >= 0.6 is 0 Å². The molecule has 0 saturated carbocycles. The molecule has 0 aromatic heterocycles. The number of carbonyl (C=O) groups excluding carboxylic acids is 1. The molecule has 3 N–H and O–H groups in total. The first-order chi connectivity index (χ1) is 11.0. The summed E-state index contributed by atoms with van der Waals surface area (Å²) in [6, 6.07) is 13.9. The van der Waals surface area contributed by atoms with Gasteiger partial charge in [0.25, 0.3) is 0 Å². The molecule has 122 valence electrons. The lowest BCUT2D eigenvalue weighted by atomic mass is 9.88. The van der Waals surface area contributed by atoms with Crippen molar-refractivity contribution in [2.45, 2.75) is 25.8 Å². The predicted octanol–water partition coefficient (Wildman–Crippen LogP) is 3.12. The van der Waals surface area contributed by atoms with E-state index >= 15 is 0 Å². The Labute approximate surface area is 135 Å². The average molecular weight is 316 g/mol. The molecule has 0 fully saturated rings. The van der Waals surface area contributed by atoms with Gasteiger partial charge in [-0.05, 0) is 42.7 Å². The normalized spacial score (nSPS) is 13.4. The number of halogens is 1. The minimum absolute atomic E-state index is 0.132. The van der Waals surface area contributed by atoms with Crippen LogP contribution in [0.15, 0.2) is 48.5 Å². The third kappa shape index (κ3) is 4.15. The van der Waals surface area contributed by atoms with Gasteiger partial charge >= 0.3 is 5.97 Å². The van der Waals surface area contributed by atoms with Crippen molar-refractivity contribution in [2.75, 3.05) is 6.61 Å². The number of hydrogen-bond acceptors (Lipinski definition) is 4. The number of nitrogens with two attached hydrogens (primary N) is 1. The SMILES string of the molecule is CCOC(=O)CC(C)(NN)c1ccc(-c2ccc(F)cc2)cc1. The molecule has 0 aliphatic heterocycles. The molecule has 0 saturated heterocycles. The molecule has 2 rings (SSSR count). The molecule has 4 nitrogen and oxygen atoms in total. The fourth-order valence-electron chi connectivity index (χ4n) is 2.41. The van der Waals surface area contributed by atoms with Crippen LogP contribution in [0.4, 0.5) is 4.39 Å². The van der Waals surface area contributed by atoms with Crippen molar-refractivity contribution in [2.24, 2.45) is 5.84 Å². The average Bonchev–Trinajstić information content (AvgIpc) is 2.56. The first-order valence-corrected chi connectivity index (χ1v) is 7.48. The van der Waals surface area contributed by atoms with E-state index in [-0.39, 0.29) is 18.2 Å². The molecular formula is C18H21FN2O2. The summed E-state index contributed by atoms with van der Waals surface area (Å²) in [5.74, 6) is 5.08. The maximum absolute atomic E-state index is 13.0. The lowest BCUT2D eigenvalue weighted by Crippen LogP contribution is -2.46. The number of benzene rings is 2. The minimum atomic E-state index is -0.715. The highest BCUT2D eigenvalue weighted by Crippen LogP contribution is 2.27. The van der Waals surface area contributed by atoms with E-state index in [0.717, 1.165) is 16.7 Å². The van der Waals surface area contributed by atoms with Crippen LogP contribution in [0.1, 0.15) is 25.8 Å². The van der Waals surface area contributed by atoms with Crippen molar-refractivity contribution in [3.05, 3.63) is 59.9 Å². The van der Waals surface area contributed by atoms with Crippen molar-refractivity contribution in [3.8, 4) is 11.1 Å². The molecule has 2 aromatic rings. The number of rotatable bonds is 6. The highest BCUT2D eigenvalue weighted by atomic mass is 19.1. The van der Waals surface area contributed by atoms with Crippen molar-refractivity contribution < 1.29 is 13.9 Å². The monoisotopic (exact) mass is 316 g/mol. The van der Waals surface area contributed by atoms with E-state index in [0.29, 0.717) is 6.61 Å². The van der Waals surface area contributed by atoms with Crippen LogP contribution < -0.4 is 11.3 Å². The summed E-state index contributed by atoms with van der Waals surface area (Å²) in [7, 11) is 0. The van der Waals surface area contributed by atoms with Gasteiger partial charge in [0, 0.05) is 0 Å². The van der Waals surface area contributed by atoms with Crippen LogP contribution in [0.3, 0.4) is 0 Å². The maximum atomic E-state index is 13.0. The third-order valence-electron chi connectivity index (χ3n) is 3.82. The molecule has 1 unspecified atom stereocenters. The quantitative estimate of drug-likeness (QED) is 0.488. The summed E-state index contributed by atoms with van der Waals surface area (Å²) >= 11 is 0. The van der Waals surface area contributed by atoms with Gasteiger partial charge in [0.15, 0.2) is 0 Å². The maximum Gasteiger partial charge on any atom is 0.308 e. The predicted molar refractivity (Wildman–Crippen MR) is 87.8 cm³/mol. The van der Waals surface area contributed by atoms with Gasteiger partial charge in [0.1, 0.15) is 5.82 Å². The molecule has 5 heteroatoms. The summed E-state index contributed by atoms with van der Waals surface area (Å²) < 4.78 is 18.0. The smallest absolute Gasteiger partial charge is 0.308 e. The van der Waals surface area contributed by atoms with Crippen LogP contribution in [0.25, 0.3) is 11.1 Å². The number of ether oxygens (including phenoxy) is 1. The van der Waals surface area contributed by atoms with Crippen molar-refractivity contribution in [1.29, 1.82) is 0 Å². The van der Waals surface area contributed by atoms with E-state index in [2.05, 4.69) is 5.43 Å². The Morgan fingerprint density at radius 3 is 2.13 bits per heavy atom. The van der Waals surface area contributed by atoms with Crippen LogP contribution in [0, 0.1) is 5.82 Å². The number of hydrogen-bond donors (Lipinski definition) is 2. The van der Waals surface area contributed by atoms with Gasteiger partial charge < -0.3 is 4.74 Å². The van der Waals surface area contributed by atoms with Crippen molar-refractivity contribution >= 4 is 5.97 Å². The Hall–Kier alpha value is -2.24. The van der Waals surface area contributed by atoms with Crippen molar-refractivity contribution in [1.82, 2.24) is 5.43 Å². The molecule has 0 spiro atoms. The summed E-state index contributed by atoms with van der Waals surface area (Å²) in [4.78, 5) is 11.8. The molecule has 0 aliphatic carbocycles. The second-order valence-corrected chi connectivity index (χ2v) is 5.54. The zero-order valence-corrected chi connectivity index (χ0v) is 13.3. The molecule has 2 aromatic carbocycles. The lowest BCUT2D eigenvalue weighted by molar-refractivity contribution is -0.144. The Morgan fingerprint density at radius 1 is 1.13 bits per heavy atom. The number of hydrazine groups is 1. The van der Waals surface area contributed by atoms with Gasteiger partial charge in [0.2, 0.25) is 0 Å². The Balaban J connectivity index is 2.22. The molecule has 0 radical (unpaired) electrons. The summed E-state index contributed by atoms with van der Waals surface area (Å²) in [6.07, 6.45) is 0.132. The molecule has 0 bridgehead atoms. The second kappa shape index (κ2) is 7.35. The van der Waals surface area contributed by atoms with Crippen LogP contribution in [0.5, 0.6) is 0 Å². The van der Waals surface area contributed by atoms with Crippen LogP contribution in [-0.2, 0) is 15.1 Å². The lowest BCUT2D eigenvalue weighted by Gasteiger charge is -2.28. The van der Waals surface area contributed by atoms with E-state index < -0.39 is 5.54 Å². The molecule has 0 amide bonds. The topological polar surface area (TPSA) is 64.3 Å². The zero-order chi connectivity index (χ0) is 16.9. The van der Waals surface area contributed by atoms with E-state index in [9.17, 15) is 9.18 Å². The highest BCUT2D eigenvalue weighted by molar-refractivity contribution is 5.71. The summed E-state index contributed by atoms with van der Waals surface area (Å²) in [5.41, 5.74) is 4.74. The van der Waals surface area contributed by atoms with E-state index in [4.69, 9.17) is 10.6 Å². The molecular weight excluding hydrogens is 295 g/mol. The second-order valence-electron chi connectivity index (χ2n) is 5.54. The fraction of sp³-hybridized carbons (Fsp3) is 0.278. The number of esters is 1. The van der Waals surface area contributed by atoms with Crippen molar-refractivity contribution in [3.63, 3.8) is 0 Å². The summed E-state index contributed by atoms with van der Waals surface area (Å²) in [5, 5.41) is 0. The molecule has 0 heterocycles. The van der Waals surface area contributed by atoms with E-state index in [1.54, 1.807) is 19.1 Å². The fourth-order valence-corrected chi connectivity index (χ4v) is 2.41. The molecule has 1 atom stereocenters. The first kappa shape index (κ1) is 17.1. The van der Waals surface area contributed by atoms with Gasteiger partial charge in [-0.3, -0.25) is 10.6 Å². The van der Waals surface area contributed by atoms with Gasteiger partial charge in [-0.15, -0.1) is 0 Å². The van der Waals surface area contributed by atoms with Gasteiger partial charge in [-0.2, -0.15) is 0 Å². The number of carbonyl (C=O) groups is 1. The summed E-state index contributed by atoms with van der Waals surface area (Å²) in [6.45, 7) is 3.95. The first-order valence-electron chi connectivity index (χ1n) is 7.48. The van der Waals surface area contributed by atoms with E-state index in [1.807, 2.05) is 31.2 Å². The standard InChI is InChI=1S/C18H21FN2O2/c1-3-23-17(22)12-18(2,21-20)15-8-4-13(5-9-15)14-6-10-16(19)11-7-14/h4-11,21H,3,12,20H2,1-2H3. The van der Waals surface area contributed by atoms with Gasteiger partial charge in [0.05, 0.1) is 18.6 Å². The minimum Gasteiger partial charge on any atom is -0.466 e. The van der Waals surface area contributed by atoms with Gasteiger partial charge in [-0.1, -0.05) is 36.4 Å². The molecule has 23 heavy (non-hydrogen) atoms. The molecule has 0 aliphatic rings. The van der Waals surface area contributed by atoms with E-state index in [1.165, 1.54) is 12.1 Å². The Bertz CT molecular complexity index is 656. The zero-order valence-electron chi connectivity index (χ0n) is 13.3. The van der Waals surface area contributed by atoms with Gasteiger partial charge in [-0.25, -0.2) is 9.82 Å².